The summed E-state index contributed by atoms with van der Waals surface area (Å²) >= 11 is 1.49. The summed E-state index contributed by atoms with van der Waals surface area (Å²) in [4.78, 5) is 11.8. The van der Waals surface area contributed by atoms with Crippen LogP contribution < -0.4 is 10.6 Å². The number of thiophene rings is 1. The Kier molecular flexibility index (Phi) is 5.15. The first-order chi connectivity index (χ1) is 9.70. The molecule has 4 nitrogen and oxygen atoms in total. The molecule has 0 unspecified atom stereocenters. The predicted octanol–water partition coefficient (Wildman–Crippen LogP) is 3.57. The molecule has 20 heavy (non-hydrogen) atoms. The van der Waals surface area contributed by atoms with E-state index in [-0.39, 0.29) is 12.1 Å². The van der Waals surface area contributed by atoms with E-state index in [2.05, 4.69) is 10.6 Å². The van der Waals surface area contributed by atoms with Crippen LogP contribution in [-0.2, 0) is 4.74 Å². The highest BCUT2D eigenvalue weighted by Gasteiger charge is 2.13. The zero-order valence-corrected chi connectivity index (χ0v) is 12.4. The molecule has 0 saturated carbocycles. The molecule has 2 N–H and O–H groups in total. The fourth-order valence-corrected chi connectivity index (χ4v) is 2.57. The Bertz CT molecular complexity index is 555. The fourth-order valence-electron chi connectivity index (χ4n) is 1.96. The van der Waals surface area contributed by atoms with Crippen LogP contribution >= 0.6 is 11.3 Å². The van der Waals surface area contributed by atoms with E-state index >= 15 is 0 Å². The van der Waals surface area contributed by atoms with Crippen LogP contribution in [0.2, 0.25) is 0 Å². The zero-order valence-electron chi connectivity index (χ0n) is 11.6. The molecule has 0 saturated heterocycles. The highest BCUT2D eigenvalue weighted by molar-refractivity contribution is 7.14. The van der Waals surface area contributed by atoms with Gasteiger partial charge in [0.15, 0.2) is 0 Å². The molecule has 5 heteroatoms. The van der Waals surface area contributed by atoms with Crippen molar-refractivity contribution in [1.82, 2.24) is 5.32 Å². The van der Waals surface area contributed by atoms with Crippen LogP contribution in [0, 0.1) is 6.92 Å². The van der Waals surface area contributed by atoms with Gasteiger partial charge in [-0.2, -0.15) is 0 Å². The molecule has 106 valence electrons. The van der Waals surface area contributed by atoms with Crippen LogP contribution in [0.1, 0.15) is 17.2 Å². The molecule has 0 aliphatic carbocycles. The summed E-state index contributed by atoms with van der Waals surface area (Å²) in [6.07, 6.45) is -0.148. The number of methoxy groups -OCH3 is 1. The van der Waals surface area contributed by atoms with Gasteiger partial charge in [0.1, 0.15) is 0 Å². The summed E-state index contributed by atoms with van der Waals surface area (Å²) in [7, 11) is 1.65. The standard InChI is InChI=1S/C15H18N2O2S/c1-11-6-3-4-7-12(11)13(19-2)10-16-15(18)17-14-8-5-9-20-14/h3-9,13H,10H2,1-2H3,(H2,16,17,18)/t13-/m0/s1. The van der Waals surface area contributed by atoms with Crippen LogP contribution in [0.4, 0.5) is 9.80 Å². The van der Waals surface area contributed by atoms with Crippen molar-refractivity contribution >= 4 is 22.4 Å². The van der Waals surface area contributed by atoms with E-state index in [9.17, 15) is 4.79 Å². The van der Waals surface area contributed by atoms with Gasteiger partial charge >= 0.3 is 6.03 Å². The minimum atomic E-state index is -0.219. The number of amides is 2. The quantitative estimate of drug-likeness (QED) is 0.884. The van der Waals surface area contributed by atoms with Crippen molar-refractivity contribution < 1.29 is 9.53 Å². The van der Waals surface area contributed by atoms with Gasteiger partial charge in [-0.15, -0.1) is 11.3 Å². The average Bonchev–Trinajstić information content (AvgIpc) is 2.94. The minimum Gasteiger partial charge on any atom is -0.375 e. The Morgan fingerprint density at radius 1 is 1.30 bits per heavy atom. The number of urea groups is 1. The Morgan fingerprint density at radius 3 is 2.75 bits per heavy atom. The topological polar surface area (TPSA) is 50.4 Å². The SMILES string of the molecule is CO[C@@H](CNC(=O)Nc1cccs1)c1ccccc1C. The van der Waals surface area contributed by atoms with Crippen molar-refractivity contribution in [3.8, 4) is 0 Å². The van der Waals surface area contributed by atoms with Gasteiger partial charge in [0.2, 0.25) is 0 Å². The molecule has 0 radical (unpaired) electrons. The predicted molar refractivity (Wildman–Crippen MR) is 82.3 cm³/mol. The monoisotopic (exact) mass is 290 g/mol. The normalized spacial score (nSPS) is 11.9. The van der Waals surface area contributed by atoms with E-state index < -0.39 is 0 Å². The van der Waals surface area contributed by atoms with Gasteiger partial charge in [-0.05, 0) is 35.6 Å². The first kappa shape index (κ1) is 14.6. The van der Waals surface area contributed by atoms with E-state index in [0.29, 0.717) is 6.54 Å². The van der Waals surface area contributed by atoms with E-state index in [1.807, 2.05) is 48.7 Å². The maximum absolute atomic E-state index is 11.8. The van der Waals surface area contributed by atoms with Gasteiger partial charge in [-0.3, -0.25) is 5.32 Å². The summed E-state index contributed by atoms with van der Waals surface area (Å²) < 4.78 is 5.46. The highest BCUT2D eigenvalue weighted by Crippen LogP contribution is 2.20. The van der Waals surface area contributed by atoms with Crippen LogP contribution in [0.3, 0.4) is 0 Å². The van der Waals surface area contributed by atoms with Crippen LogP contribution in [0.25, 0.3) is 0 Å². The van der Waals surface area contributed by atoms with Crippen LogP contribution in [0.5, 0.6) is 0 Å². The summed E-state index contributed by atoms with van der Waals surface area (Å²) in [5.41, 5.74) is 2.24. The first-order valence-corrected chi connectivity index (χ1v) is 7.25. The third-order valence-electron chi connectivity index (χ3n) is 3.03. The van der Waals surface area contributed by atoms with Gasteiger partial charge in [0.25, 0.3) is 0 Å². The van der Waals surface area contributed by atoms with Crippen molar-refractivity contribution in [1.29, 1.82) is 0 Å². The Hall–Kier alpha value is -1.85. The van der Waals surface area contributed by atoms with E-state index in [4.69, 9.17) is 4.74 Å². The highest BCUT2D eigenvalue weighted by atomic mass is 32.1. The Labute approximate surface area is 122 Å². The summed E-state index contributed by atoms with van der Waals surface area (Å²) in [6.45, 7) is 2.46. The number of benzene rings is 1. The average molecular weight is 290 g/mol. The third kappa shape index (κ3) is 3.82. The molecular weight excluding hydrogens is 272 g/mol. The number of carbonyl (C=O) groups is 1. The third-order valence-corrected chi connectivity index (χ3v) is 3.81. The molecule has 0 aliphatic heterocycles. The second kappa shape index (κ2) is 7.07. The molecule has 1 aromatic carbocycles. The lowest BCUT2D eigenvalue weighted by atomic mass is 10.0. The minimum absolute atomic E-state index is 0.148. The number of hydrogen-bond donors (Lipinski definition) is 2. The van der Waals surface area contributed by atoms with E-state index in [1.54, 1.807) is 7.11 Å². The lowest BCUT2D eigenvalue weighted by Gasteiger charge is -2.18. The van der Waals surface area contributed by atoms with Crippen molar-refractivity contribution in [2.24, 2.45) is 0 Å². The second-order valence-electron chi connectivity index (χ2n) is 4.39. The number of ether oxygens (including phenoxy) is 1. The van der Waals surface area contributed by atoms with Crippen LogP contribution in [0.15, 0.2) is 41.8 Å². The van der Waals surface area contributed by atoms with Gasteiger partial charge in [-0.25, -0.2) is 4.79 Å². The maximum atomic E-state index is 11.8. The molecule has 1 aromatic heterocycles. The largest absolute Gasteiger partial charge is 0.375 e. The summed E-state index contributed by atoms with van der Waals surface area (Å²) in [5, 5.41) is 8.35. The molecule has 1 atom stereocenters. The molecule has 0 bridgehead atoms. The van der Waals surface area contributed by atoms with Gasteiger partial charge < -0.3 is 10.1 Å². The van der Waals surface area contributed by atoms with Crippen molar-refractivity contribution in [3.05, 3.63) is 52.9 Å². The molecule has 1 heterocycles. The first-order valence-electron chi connectivity index (χ1n) is 6.37. The fraction of sp³-hybridized carbons (Fsp3) is 0.267. The number of hydrogen-bond acceptors (Lipinski definition) is 3. The smallest absolute Gasteiger partial charge is 0.319 e. The van der Waals surface area contributed by atoms with Gasteiger partial charge in [-0.1, -0.05) is 24.3 Å². The molecule has 2 rings (SSSR count). The number of nitrogens with one attached hydrogen (secondary N) is 2. The molecule has 2 aromatic rings. The molecular formula is C15H18N2O2S. The second-order valence-corrected chi connectivity index (χ2v) is 5.34. The summed E-state index contributed by atoms with van der Waals surface area (Å²) in [5.74, 6) is 0. The number of rotatable bonds is 5. The lowest BCUT2D eigenvalue weighted by molar-refractivity contribution is 0.104. The Balaban J connectivity index is 1.91. The Morgan fingerprint density at radius 2 is 2.10 bits per heavy atom. The van der Waals surface area contributed by atoms with Crippen molar-refractivity contribution in [2.45, 2.75) is 13.0 Å². The van der Waals surface area contributed by atoms with Gasteiger partial charge in [0.05, 0.1) is 11.1 Å². The van der Waals surface area contributed by atoms with E-state index in [0.717, 1.165) is 16.1 Å². The van der Waals surface area contributed by atoms with Crippen molar-refractivity contribution in [2.75, 3.05) is 19.0 Å². The molecule has 2 amide bonds. The lowest BCUT2D eigenvalue weighted by Crippen LogP contribution is -2.32. The molecule has 0 aliphatic rings. The van der Waals surface area contributed by atoms with E-state index in [1.165, 1.54) is 11.3 Å². The van der Waals surface area contributed by atoms with Crippen LogP contribution in [-0.4, -0.2) is 19.7 Å². The molecule has 0 fully saturated rings. The maximum Gasteiger partial charge on any atom is 0.319 e. The molecule has 0 spiro atoms. The number of aryl methyl sites for hydroxylation is 1. The number of anilines is 1. The van der Waals surface area contributed by atoms with Crippen molar-refractivity contribution in [3.63, 3.8) is 0 Å². The zero-order chi connectivity index (χ0) is 14.4. The summed E-state index contributed by atoms with van der Waals surface area (Å²) in [6, 6.07) is 11.5. The van der Waals surface area contributed by atoms with Gasteiger partial charge in [0, 0.05) is 13.7 Å². The number of carbonyl (C=O) groups excluding carboxylic acids is 1.